The molecule has 0 atom stereocenters. The van der Waals surface area contributed by atoms with E-state index in [4.69, 9.17) is 0 Å². The predicted molar refractivity (Wildman–Crippen MR) is 101 cm³/mol. The van der Waals surface area contributed by atoms with Crippen LogP contribution in [0.1, 0.15) is 29.7 Å². The van der Waals surface area contributed by atoms with Gasteiger partial charge in [-0.1, -0.05) is 6.92 Å². The van der Waals surface area contributed by atoms with E-state index >= 15 is 0 Å². The summed E-state index contributed by atoms with van der Waals surface area (Å²) >= 11 is 1.70. The Hall–Kier alpha value is -0.900. The largest absolute Gasteiger partial charge is 0.350 e. The number of carbonyl (C=O) groups is 1. The van der Waals surface area contributed by atoms with Crippen molar-refractivity contribution in [2.75, 3.05) is 26.7 Å². The summed E-state index contributed by atoms with van der Waals surface area (Å²) in [6.07, 6.45) is 5.15. The maximum atomic E-state index is 12.0. The van der Waals surface area contributed by atoms with E-state index in [1.165, 1.54) is 4.88 Å². The number of thiazole rings is 1. The topological polar surface area (TPSA) is 69.6 Å². The van der Waals surface area contributed by atoms with Gasteiger partial charge in [0.25, 0.3) is 0 Å². The normalized spacial score (nSPS) is 14.6. The van der Waals surface area contributed by atoms with Crippen LogP contribution in [0.3, 0.4) is 0 Å². The molecule has 2 N–H and O–H groups in total. The lowest BCUT2D eigenvalue weighted by atomic mass is 10.4. The smallest absolute Gasteiger partial charge is 0.241 e. The molecule has 0 aliphatic carbocycles. The second-order valence-electron chi connectivity index (χ2n) is 4.94. The van der Waals surface area contributed by atoms with E-state index in [1.54, 1.807) is 18.4 Å². The highest BCUT2D eigenvalue weighted by Gasteiger charge is 2.17. The maximum Gasteiger partial charge on any atom is 0.241 e. The van der Waals surface area contributed by atoms with Gasteiger partial charge in [-0.25, -0.2) is 4.98 Å². The van der Waals surface area contributed by atoms with Crippen molar-refractivity contribution in [3.8, 4) is 0 Å². The van der Waals surface area contributed by atoms with Crippen LogP contribution in [0, 0.1) is 0 Å². The van der Waals surface area contributed by atoms with Crippen LogP contribution in [0.4, 0.5) is 0 Å². The summed E-state index contributed by atoms with van der Waals surface area (Å²) in [5.74, 6) is 0.772. The van der Waals surface area contributed by atoms with Gasteiger partial charge in [0, 0.05) is 31.2 Å². The fourth-order valence-corrected chi connectivity index (χ4v) is 3.01. The highest BCUT2D eigenvalue weighted by atomic mass is 127. The van der Waals surface area contributed by atoms with Crippen molar-refractivity contribution in [2.24, 2.45) is 4.99 Å². The molecule has 1 aliphatic rings. The number of amides is 1. The molecule has 0 bridgehead atoms. The minimum absolute atomic E-state index is 0. The first-order valence-corrected chi connectivity index (χ1v) is 8.20. The van der Waals surface area contributed by atoms with Gasteiger partial charge in [-0.2, -0.15) is 0 Å². The molecule has 2 heterocycles. The van der Waals surface area contributed by atoms with Crippen LogP contribution in [-0.2, 0) is 17.8 Å². The molecule has 22 heavy (non-hydrogen) atoms. The number of rotatable bonds is 5. The molecule has 1 aromatic heterocycles. The van der Waals surface area contributed by atoms with E-state index < -0.39 is 0 Å². The first-order valence-electron chi connectivity index (χ1n) is 7.38. The first-order chi connectivity index (χ1) is 10.2. The molecule has 6 nitrogen and oxygen atoms in total. The van der Waals surface area contributed by atoms with Gasteiger partial charge >= 0.3 is 0 Å². The van der Waals surface area contributed by atoms with E-state index in [1.807, 2.05) is 11.1 Å². The molecule has 1 fully saturated rings. The maximum absolute atomic E-state index is 12.0. The molecular formula is C14H24IN5OS. The summed E-state index contributed by atoms with van der Waals surface area (Å²) in [5.41, 5.74) is 0. The summed E-state index contributed by atoms with van der Waals surface area (Å²) in [5, 5.41) is 7.28. The lowest BCUT2D eigenvalue weighted by Crippen LogP contribution is -2.43. The molecule has 1 amide bonds. The average Bonchev–Trinajstić information content (AvgIpc) is 3.18. The van der Waals surface area contributed by atoms with Gasteiger partial charge in [-0.05, 0) is 19.3 Å². The van der Waals surface area contributed by atoms with Gasteiger partial charge in [0.2, 0.25) is 5.91 Å². The number of aromatic nitrogens is 1. The van der Waals surface area contributed by atoms with Crippen molar-refractivity contribution in [1.29, 1.82) is 0 Å². The molecule has 0 aromatic carbocycles. The Bertz CT molecular complexity index is 499. The van der Waals surface area contributed by atoms with Crippen molar-refractivity contribution in [1.82, 2.24) is 20.5 Å². The molecule has 0 spiro atoms. The van der Waals surface area contributed by atoms with Crippen molar-refractivity contribution >= 4 is 47.2 Å². The van der Waals surface area contributed by atoms with Crippen LogP contribution in [-0.4, -0.2) is 48.4 Å². The van der Waals surface area contributed by atoms with Crippen molar-refractivity contribution in [3.63, 3.8) is 0 Å². The van der Waals surface area contributed by atoms with Crippen LogP contribution in [0.15, 0.2) is 11.2 Å². The molecule has 0 radical (unpaired) electrons. The average molecular weight is 437 g/mol. The van der Waals surface area contributed by atoms with Crippen LogP contribution in [0.5, 0.6) is 0 Å². The number of nitrogens with one attached hydrogen (secondary N) is 2. The molecule has 124 valence electrons. The van der Waals surface area contributed by atoms with E-state index in [-0.39, 0.29) is 36.4 Å². The standard InChI is InChI=1S/C14H23N5OS.HI/c1-3-11-8-16-12(21-11)9-17-14(15-2)18-10-13(20)19-6-4-5-7-19;/h8H,3-7,9-10H2,1-2H3,(H2,15,17,18);1H. The molecule has 1 aliphatic heterocycles. The Morgan fingerprint density at radius 1 is 1.41 bits per heavy atom. The van der Waals surface area contributed by atoms with Crippen LogP contribution in [0.25, 0.3) is 0 Å². The van der Waals surface area contributed by atoms with Crippen LogP contribution < -0.4 is 10.6 Å². The Balaban J connectivity index is 0.00000242. The SMILES string of the molecule is CCc1cnc(CNC(=NC)NCC(=O)N2CCCC2)s1.I. The lowest BCUT2D eigenvalue weighted by Gasteiger charge is -2.17. The Kier molecular flexibility index (Phi) is 8.69. The van der Waals surface area contributed by atoms with Gasteiger partial charge in [0.15, 0.2) is 5.96 Å². The molecular weight excluding hydrogens is 413 g/mol. The van der Waals surface area contributed by atoms with Crippen molar-refractivity contribution in [2.45, 2.75) is 32.7 Å². The molecule has 8 heteroatoms. The van der Waals surface area contributed by atoms with Crippen LogP contribution in [0.2, 0.25) is 0 Å². The molecule has 1 saturated heterocycles. The number of likely N-dealkylation sites (tertiary alicyclic amines) is 1. The van der Waals surface area contributed by atoms with E-state index in [0.717, 1.165) is 37.4 Å². The van der Waals surface area contributed by atoms with Crippen molar-refractivity contribution in [3.05, 3.63) is 16.1 Å². The lowest BCUT2D eigenvalue weighted by molar-refractivity contribution is -0.128. The fourth-order valence-electron chi connectivity index (χ4n) is 2.21. The molecule has 1 aromatic rings. The third-order valence-electron chi connectivity index (χ3n) is 3.45. The second kappa shape index (κ2) is 9.98. The van der Waals surface area contributed by atoms with E-state index in [2.05, 4.69) is 27.5 Å². The second-order valence-corrected chi connectivity index (χ2v) is 6.14. The fraction of sp³-hybridized carbons (Fsp3) is 0.643. The zero-order valence-corrected chi connectivity index (χ0v) is 16.2. The highest BCUT2D eigenvalue weighted by molar-refractivity contribution is 14.0. The van der Waals surface area contributed by atoms with Gasteiger partial charge < -0.3 is 15.5 Å². The minimum Gasteiger partial charge on any atom is -0.350 e. The van der Waals surface area contributed by atoms with Crippen LogP contribution >= 0.6 is 35.3 Å². The number of halogens is 1. The van der Waals surface area contributed by atoms with E-state index in [9.17, 15) is 4.79 Å². The first kappa shape index (κ1) is 19.1. The van der Waals surface area contributed by atoms with Gasteiger partial charge in [-0.15, -0.1) is 35.3 Å². The number of carbonyl (C=O) groups excluding carboxylic acids is 1. The van der Waals surface area contributed by atoms with Crippen molar-refractivity contribution < 1.29 is 4.79 Å². The van der Waals surface area contributed by atoms with Gasteiger partial charge in [-0.3, -0.25) is 9.79 Å². The molecule has 0 unspecified atom stereocenters. The van der Waals surface area contributed by atoms with Gasteiger partial charge in [0.05, 0.1) is 13.1 Å². The summed E-state index contributed by atoms with van der Waals surface area (Å²) in [7, 11) is 1.70. The molecule has 0 saturated carbocycles. The predicted octanol–water partition coefficient (Wildman–Crippen LogP) is 1.61. The third-order valence-corrected chi connectivity index (χ3v) is 4.59. The number of hydrogen-bond acceptors (Lipinski definition) is 4. The number of hydrogen-bond donors (Lipinski definition) is 2. The Morgan fingerprint density at radius 2 is 2.14 bits per heavy atom. The Labute approximate surface area is 152 Å². The number of nitrogens with zero attached hydrogens (tertiary/aromatic N) is 3. The number of guanidine groups is 1. The summed E-state index contributed by atoms with van der Waals surface area (Å²) in [6.45, 7) is 4.80. The Morgan fingerprint density at radius 3 is 2.73 bits per heavy atom. The zero-order valence-electron chi connectivity index (χ0n) is 13.1. The summed E-state index contributed by atoms with van der Waals surface area (Å²) in [4.78, 5) is 23.6. The third kappa shape index (κ3) is 5.71. The van der Waals surface area contributed by atoms with Gasteiger partial charge in [0.1, 0.15) is 5.01 Å². The summed E-state index contributed by atoms with van der Waals surface area (Å²) in [6, 6.07) is 0. The molecule has 2 rings (SSSR count). The highest BCUT2D eigenvalue weighted by Crippen LogP contribution is 2.12. The monoisotopic (exact) mass is 437 g/mol. The summed E-state index contributed by atoms with van der Waals surface area (Å²) < 4.78 is 0. The van der Waals surface area contributed by atoms with E-state index in [0.29, 0.717) is 12.5 Å². The number of aryl methyl sites for hydroxylation is 1. The minimum atomic E-state index is 0. The quantitative estimate of drug-likeness (QED) is 0.417. The zero-order chi connectivity index (χ0) is 15.1. The number of aliphatic imine (C=N–C) groups is 1.